The zero-order chi connectivity index (χ0) is 29.8. The van der Waals surface area contributed by atoms with E-state index in [1.54, 1.807) is 0 Å². The molecule has 0 aromatic rings. The Balaban J connectivity index is 0. The normalized spacial score (nSPS) is 14.9. The Kier molecular flexibility index (Phi) is 29.3. The van der Waals surface area contributed by atoms with E-state index in [-0.39, 0.29) is 12.1 Å². The zero-order valence-electron chi connectivity index (χ0n) is 26.9. The van der Waals surface area contributed by atoms with Crippen LogP contribution >= 0.6 is 0 Å². The lowest BCUT2D eigenvalue weighted by Crippen LogP contribution is -2.58. The summed E-state index contributed by atoms with van der Waals surface area (Å²) in [6.07, 6.45) is 29.9. The number of rotatable bonds is 27. The van der Waals surface area contributed by atoms with Crippen LogP contribution in [0.1, 0.15) is 169 Å². The largest absolute Gasteiger partial charge is 0.397 e. The van der Waals surface area contributed by atoms with Crippen LogP contribution in [0.25, 0.3) is 0 Å². The Bertz CT molecular complexity index is 563. The van der Waals surface area contributed by atoms with Gasteiger partial charge in [-0.2, -0.15) is 8.42 Å². The van der Waals surface area contributed by atoms with Gasteiger partial charge < -0.3 is 10.4 Å². The van der Waals surface area contributed by atoms with Gasteiger partial charge in [0.15, 0.2) is 0 Å². The second-order valence-corrected chi connectivity index (χ2v) is 12.7. The molecule has 0 aromatic heterocycles. The van der Waals surface area contributed by atoms with Crippen LogP contribution in [0, 0.1) is 11.8 Å². The quantitative estimate of drug-likeness (QED) is 0.0663. The third-order valence-electron chi connectivity index (χ3n) is 8.69. The highest BCUT2D eigenvalue weighted by Crippen LogP contribution is 2.37. The highest BCUT2D eigenvalue weighted by Gasteiger charge is 2.41. The molecular weight excluding hydrogens is 510 g/mol. The molecule has 0 fully saturated rings. The van der Waals surface area contributed by atoms with Crippen LogP contribution in [0.3, 0.4) is 0 Å². The summed E-state index contributed by atoms with van der Waals surface area (Å²) >= 11 is 0. The van der Waals surface area contributed by atoms with E-state index < -0.39 is 10.4 Å². The van der Waals surface area contributed by atoms with Crippen LogP contribution in [0.15, 0.2) is 0 Å². The first-order valence-electron chi connectivity index (χ1n) is 16.5. The topological polar surface area (TPSA) is 95.9 Å². The minimum absolute atomic E-state index is 0.0934. The molecule has 0 saturated heterocycles. The molecule has 6 nitrogen and oxygen atoms in total. The molecule has 0 bridgehead atoms. The van der Waals surface area contributed by atoms with Gasteiger partial charge in [-0.25, -0.2) is 0 Å². The SMILES string of the molecule is CCCCCCCCCCCC(CC)C(CO)(NC)C(CC)CCCCCCCCCCC.COS(=O)(=O)O. The third-order valence-corrected chi connectivity index (χ3v) is 9.11. The highest BCUT2D eigenvalue weighted by molar-refractivity contribution is 7.80. The zero-order valence-corrected chi connectivity index (χ0v) is 27.8. The van der Waals surface area contributed by atoms with Gasteiger partial charge in [-0.3, -0.25) is 8.74 Å². The van der Waals surface area contributed by atoms with Crippen LogP contribution in [-0.4, -0.2) is 44.4 Å². The Hall–Kier alpha value is -0.210. The van der Waals surface area contributed by atoms with Crippen molar-refractivity contribution in [1.82, 2.24) is 5.32 Å². The molecule has 0 spiro atoms. The fraction of sp³-hybridized carbons (Fsp3) is 1.00. The van der Waals surface area contributed by atoms with Gasteiger partial charge in [0, 0.05) is 5.54 Å². The molecule has 39 heavy (non-hydrogen) atoms. The molecule has 0 aromatic carbocycles. The fourth-order valence-electron chi connectivity index (χ4n) is 6.13. The van der Waals surface area contributed by atoms with Crippen LogP contribution in [0.5, 0.6) is 0 Å². The van der Waals surface area contributed by atoms with Crippen molar-refractivity contribution >= 4 is 10.4 Å². The van der Waals surface area contributed by atoms with Gasteiger partial charge in [0.05, 0.1) is 13.7 Å². The smallest absolute Gasteiger partial charge is 0.394 e. The van der Waals surface area contributed by atoms with Gasteiger partial charge in [-0.15, -0.1) is 0 Å². The number of hydrogen-bond acceptors (Lipinski definition) is 5. The van der Waals surface area contributed by atoms with Crippen LogP contribution in [0.2, 0.25) is 0 Å². The summed E-state index contributed by atoms with van der Waals surface area (Å²) in [4.78, 5) is 0. The Morgan fingerprint density at radius 3 is 1.13 bits per heavy atom. The van der Waals surface area contributed by atoms with Crippen LogP contribution in [-0.2, 0) is 14.6 Å². The van der Waals surface area contributed by atoms with Gasteiger partial charge in [0.1, 0.15) is 0 Å². The minimum atomic E-state index is -4.16. The third kappa shape index (κ3) is 22.1. The van der Waals surface area contributed by atoms with Crippen molar-refractivity contribution in [2.45, 2.75) is 174 Å². The van der Waals surface area contributed by atoms with Gasteiger partial charge in [0.2, 0.25) is 0 Å². The molecule has 0 rings (SSSR count). The molecule has 7 heteroatoms. The van der Waals surface area contributed by atoms with Crippen molar-refractivity contribution in [1.29, 1.82) is 0 Å². The molecule has 238 valence electrons. The summed E-state index contributed by atoms with van der Waals surface area (Å²) in [5, 5.41) is 14.3. The monoisotopic (exact) mass is 579 g/mol. The van der Waals surface area contributed by atoms with Crippen molar-refractivity contribution in [3.63, 3.8) is 0 Å². The van der Waals surface area contributed by atoms with E-state index in [9.17, 15) is 13.5 Å². The second kappa shape index (κ2) is 27.9. The number of unbranched alkanes of at least 4 members (excludes halogenated alkanes) is 16. The first kappa shape index (κ1) is 40.9. The molecule has 0 aliphatic rings. The molecule has 0 radical (unpaired) electrons. The van der Waals surface area contributed by atoms with E-state index in [1.165, 1.54) is 141 Å². The van der Waals surface area contributed by atoms with Gasteiger partial charge in [-0.05, 0) is 31.7 Å². The molecule has 2 atom stereocenters. The molecule has 0 saturated carbocycles. The molecular formula is C32H69NO5S. The maximum absolute atomic E-state index is 10.6. The average Bonchev–Trinajstić information content (AvgIpc) is 2.93. The Morgan fingerprint density at radius 1 is 0.641 bits per heavy atom. The minimum Gasteiger partial charge on any atom is -0.394 e. The van der Waals surface area contributed by atoms with Crippen molar-refractivity contribution in [2.24, 2.45) is 11.8 Å². The number of hydrogen-bond donors (Lipinski definition) is 3. The van der Waals surface area contributed by atoms with E-state index >= 15 is 0 Å². The van der Waals surface area contributed by atoms with Gasteiger partial charge in [0.25, 0.3) is 0 Å². The molecule has 3 N–H and O–H groups in total. The maximum atomic E-state index is 10.6. The summed E-state index contributed by atoms with van der Waals surface area (Å²) in [7, 11) is -1.19. The van der Waals surface area contributed by atoms with Gasteiger partial charge >= 0.3 is 10.4 Å². The van der Waals surface area contributed by atoms with Crippen LogP contribution in [0.4, 0.5) is 0 Å². The van der Waals surface area contributed by atoms with E-state index in [0.29, 0.717) is 11.8 Å². The van der Waals surface area contributed by atoms with E-state index in [1.807, 2.05) is 0 Å². The van der Waals surface area contributed by atoms with E-state index in [2.05, 4.69) is 44.2 Å². The van der Waals surface area contributed by atoms with Crippen LogP contribution < -0.4 is 5.32 Å². The number of likely N-dealkylation sites (N-methyl/N-ethyl adjacent to an activating group) is 1. The molecule has 0 heterocycles. The molecule has 2 unspecified atom stereocenters. The lowest BCUT2D eigenvalue weighted by Gasteiger charge is -2.45. The van der Waals surface area contributed by atoms with Crippen molar-refractivity contribution < 1.29 is 22.3 Å². The highest BCUT2D eigenvalue weighted by atomic mass is 32.3. The van der Waals surface area contributed by atoms with Crippen molar-refractivity contribution in [2.75, 3.05) is 20.8 Å². The summed E-state index contributed by atoms with van der Waals surface area (Å²) in [5.41, 5.74) is -0.0934. The average molecular weight is 580 g/mol. The standard InChI is InChI=1S/C31H65NO.CH4O4S/c1-6-10-12-14-16-18-20-22-24-26-29(8-3)31(28-33,32-5)30(9-4)27-25-23-21-19-17-15-13-11-7-2;1-5-6(2,3)4/h29-30,32-33H,6-28H2,1-5H3;1H3,(H,2,3,4). The van der Waals surface area contributed by atoms with E-state index in [0.717, 1.165) is 7.11 Å². The predicted molar refractivity (Wildman–Crippen MR) is 169 cm³/mol. The summed E-state index contributed by atoms with van der Waals surface area (Å²) in [6, 6.07) is 0. The summed E-state index contributed by atoms with van der Waals surface area (Å²) < 4.78 is 29.7. The van der Waals surface area contributed by atoms with Crippen molar-refractivity contribution in [3.05, 3.63) is 0 Å². The number of nitrogens with one attached hydrogen (secondary N) is 1. The van der Waals surface area contributed by atoms with Gasteiger partial charge in [-0.1, -0.05) is 156 Å². The lowest BCUT2D eigenvalue weighted by atomic mass is 9.68. The fourth-order valence-corrected chi connectivity index (χ4v) is 6.13. The second-order valence-electron chi connectivity index (χ2n) is 11.5. The first-order valence-corrected chi connectivity index (χ1v) is 17.9. The Labute approximate surface area is 244 Å². The summed E-state index contributed by atoms with van der Waals surface area (Å²) in [6.45, 7) is 9.55. The number of aliphatic hydroxyl groups excluding tert-OH is 1. The maximum Gasteiger partial charge on any atom is 0.397 e. The van der Waals surface area contributed by atoms with E-state index in [4.69, 9.17) is 4.55 Å². The first-order chi connectivity index (χ1) is 18.7. The Morgan fingerprint density at radius 2 is 0.923 bits per heavy atom. The predicted octanol–water partition coefficient (Wildman–Crippen LogP) is 9.27. The lowest BCUT2D eigenvalue weighted by molar-refractivity contribution is 0.0398. The molecule has 0 amide bonds. The summed E-state index contributed by atoms with van der Waals surface area (Å²) in [5.74, 6) is 1.17. The van der Waals surface area contributed by atoms with Crippen molar-refractivity contribution in [3.8, 4) is 0 Å². The molecule has 0 aliphatic heterocycles. The molecule has 0 aliphatic carbocycles. The number of aliphatic hydroxyl groups is 1.